The fourth-order valence-corrected chi connectivity index (χ4v) is 2.34. The number of nitrogens with zero attached hydrogens (tertiary/aromatic N) is 4. The molecule has 3 aromatic rings. The van der Waals surface area contributed by atoms with Crippen LogP contribution in [0, 0.1) is 6.92 Å². The highest BCUT2D eigenvalue weighted by Gasteiger charge is 2.30. The molecule has 0 saturated carbocycles. The van der Waals surface area contributed by atoms with Gasteiger partial charge in [-0.25, -0.2) is 4.79 Å². The number of alkyl halides is 3. The van der Waals surface area contributed by atoms with E-state index in [-0.39, 0.29) is 12.2 Å². The van der Waals surface area contributed by atoms with Crippen LogP contribution in [0.3, 0.4) is 0 Å². The number of aryl methyl sites for hydroxylation is 1. The summed E-state index contributed by atoms with van der Waals surface area (Å²) in [4.78, 5) is 12.4. The van der Waals surface area contributed by atoms with Crippen LogP contribution >= 0.6 is 0 Å². The van der Waals surface area contributed by atoms with Crippen molar-refractivity contribution < 1.29 is 13.2 Å². The molecular formula is C16H14F3N5O. The second kappa shape index (κ2) is 6.08. The van der Waals surface area contributed by atoms with E-state index in [0.717, 1.165) is 32.6 Å². The first-order valence-corrected chi connectivity index (χ1v) is 7.31. The zero-order valence-electron chi connectivity index (χ0n) is 13.2. The first-order chi connectivity index (χ1) is 11.8. The molecule has 0 aliphatic carbocycles. The molecule has 0 amide bonds. The molecule has 0 fully saturated rings. The number of hydrogen-bond acceptors (Lipinski definition) is 4. The molecule has 0 aliphatic heterocycles. The molecular weight excluding hydrogens is 335 g/mol. The summed E-state index contributed by atoms with van der Waals surface area (Å²) in [6.45, 7) is 2.03. The van der Waals surface area contributed by atoms with Gasteiger partial charge in [-0.3, -0.25) is 0 Å². The van der Waals surface area contributed by atoms with Crippen LogP contribution in [0.2, 0.25) is 0 Å². The second-order valence-electron chi connectivity index (χ2n) is 5.57. The summed E-state index contributed by atoms with van der Waals surface area (Å²) in [6, 6.07) is 9.47. The molecule has 0 saturated heterocycles. The molecule has 1 aromatic heterocycles. The third-order valence-electron chi connectivity index (χ3n) is 3.75. The quantitative estimate of drug-likeness (QED) is 0.737. The van der Waals surface area contributed by atoms with Gasteiger partial charge in [-0.15, -0.1) is 0 Å². The van der Waals surface area contributed by atoms with Crippen LogP contribution in [-0.4, -0.2) is 19.8 Å². The molecule has 3 rings (SSSR count). The predicted octanol–water partition coefficient (Wildman–Crippen LogP) is 2.39. The van der Waals surface area contributed by atoms with E-state index in [1.54, 1.807) is 12.1 Å². The van der Waals surface area contributed by atoms with Crippen molar-refractivity contribution in [2.24, 2.45) is 0 Å². The van der Waals surface area contributed by atoms with Gasteiger partial charge in [0, 0.05) is 5.69 Å². The molecule has 0 atom stereocenters. The minimum Gasteiger partial charge on any atom is -0.399 e. The summed E-state index contributed by atoms with van der Waals surface area (Å²) in [6.07, 6.45) is -4.44. The van der Waals surface area contributed by atoms with Crippen LogP contribution in [0.25, 0.3) is 5.69 Å². The Morgan fingerprint density at radius 3 is 2.36 bits per heavy atom. The third kappa shape index (κ3) is 3.39. The zero-order chi connectivity index (χ0) is 18.2. The number of tetrazole rings is 1. The average Bonchev–Trinajstić information content (AvgIpc) is 2.91. The van der Waals surface area contributed by atoms with Crippen molar-refractivity contribution in [3.63, 3.8) is 0 Å². The number of benzene rings is 2. The van der Waals surface area contributed by atoms with Gasteiger partial charge in [0.15, 0.2) is 0 Å². The van der Waals surface area contributed by atoms with Crippen LogP contribution in [0.15, 0.2) is 47.3 Å². The fourth-order valence-electron chi connectivity index (χ4n) is 2.34. The van der Waals surface area contributed by atoms with Crippen molar-refractivity contribution >= 4 is 5.69 Å². The smallest absolute Gasteiger partial charge is 0.399 e. The van der Waals surface area contributed by atoms with E-state index in [4.69, 9.17) is 5.73 Å². The van der Waals surface area contributed by atoms with Crippen molar-refractivity contribution in [3.05, 3.63) is 69.6 Å². The Kier molecular flexibility index (Phi) is 4.07. The molecule has 2 aromatic carbocycles. The monoisotopic (exact) mass is 349 g/mol. The third-order valence-corrected chi connectivity index (χ3v) is 3.75. The molecule has 1 heterocycles. The Balaban J connectivity index is 1.88. The Hall–Kier alpha value is -3.10. The maximum Gasteiger partial charge on any atom is 0.416 e. The van der Waals surface area contributed by atoms with Gasteiger partial charge >= 0.3 is 11.9 Å². The van der Waals surface area contributed by atoms with Crippen LogP contribution in [0.1, 0.15) is 16.7 Å². The zero-order valence-corrected chi connectivity index (χ0v) is 13.2. The van der Waals surface area contributed by atoms with E-state index in [1.807, 2.05) is 13.0 Å². The van der Waals surface area contributed by atoms with Crippen molar-refractivity contribution in [2.45, 2.75) is 19.6 Å². The number of halogens is 3. The average molecular weight is 349 g/mol. The van der Waals surface area contributed by atoms with E-state index >= 15 is 0 Å². The minimum atomic E-state index is -4.44. The number of nitrogens with two attached hydrogens (primary N) is 1. The summed E-state index contributed by atoms with van der Waals surface area (Å²) < 4.78 is 39.9. The second-order valence-corrected chi connectivity index (χ2v) is 5.57. The topological polar surface area (TPSA) is 78.7 Å². The van der Waals surface area contributed by atoms with Crippen molar-refractivity contribution in [2.75, 3.05) is 5.73 Å². The van der Waals surface area contributed by atoms with Gasteiger partial charge in [-0.05, 0) is 58.8 Å². The van der Waals surface area contributed by atoms with E-state index < -0.39 is 17.4 Å². The number of nitrogen functional groups attached to an aromatic ring is 1. The van der Waals surface area contributed by atoms with Gasteiger partial charge < -0.3 is 5.73 Å². The molecule has 6 nitrogen and oxygen atoms in total. The maximum absolute atomic E-state index is 12.6. The lowest BCUT2D eigenvalue weighted by Crippen LogP contribution is -2.24. The Morgan fingerprint density at radius 1 is 1.08 bits per heavy atom. The SMILES string of the molecule is Cc1cc(Cn2nnn(-c3ccc(C(F)(F)F)cc3)c2=O)ccc1N. The highest BCUT2D eigenvalue weighted by atomic mass is 19.4. The minimum absolute atomic E-state index is 0.181. The summed E-state index contributed by atoms with van der Waals surface area (Å²) in [5, 5.41) is 7.50. The van der Waals surface area contributed by atoms with Gasteiger partial charge in [0.25, 0.3) is 0 Å². The van der Waals surface area contributed by atoms with E-state index in [0.29, 0.717) is 5.69 Å². The molecule has 0 bridgehead atoms. The molecule has 130 valence electrons. The molecule has 0 unspecified atom stereocenters. The molecule has 25 heavy (non-hydrogen) atoms. The maximum atomic E-state index is 12.6. The largest absolute Gasteiger partial charge is 0.416 e. The Morgan fingerprint density at radius 2 is 1.76 bits per heavy atom. The molecule has 9 heteroatoms. The van der Waals surface area contributed by atoms with E-state index in [9.17, 15) is 18.0 Å². The normalized spacial score (nSPS) is 11.7. The van der Waals surface area contributed by atoms with Gasteiger partial charge in [-0.2, -0.15) is 22.5 Å². The lowest BCUT2D eigenvalue weighted by Gasteiger charge is -2.06. The summed E-state index contributed by atoms with van der Waals surface area (Å²) in [5.74, 6) is 0. The number of hydrogen-bond donors (Lipinski definition) is 1. The van der Waals surface area contributed by atoms with Crippen molar-refractivity contribution in [3.8, 4) is 5.69 Å². The van der Waals surface area contributed by atoms with Gasteiger partial charge in [0.2, 0.25) is 0 Å². The molecule has 2 N–H and O–H groups in total. The first kappa shape index (κ1) is 16.7. The lowest BCUT2D eigenvalue weighted by molar-refractivity contribution is -0.137. The van der Waals surface area contributed by atoms with Gasteiger partial charge in [0.05, 0.1) is 17.8 Å². The van der Waals surface area contributed by atoms with Crippen LogP contribution in [0.5, 0.6) is 0 Å². The number of rotatable bonds is 3. The first-order valence-electron chi connectivity index (χ1n) is 7.31. The summed E-state index contributed by atoms with van der Waals surface area (Å²) in [7, 11) is 0. The van der Waals surface area contributed by atoms with E-state index in [1.165, 1.54) is 12.1 Å². The van der Waals surface area contributed by atoms with Crippen LogP contribution in [0.4, 0.5) is 18.9 Å². The summed E-state index contributed by atoms with van der Waals surface area (Å²) >= 11 is 0. The van der Waals surface area contributed by atoms with Crippen molar-refractivity contribution in [1.82, 2.24) is 19.8 Å². The standard InChI is InChI=1S/C16H14F3N5O/c1-10-8-11(2-7-14(10)20)9-23-15(25)24(22-21-23)13-5-3-12(4-6-13)16(17,18)19/h2-8H,9,20H2,1H3. The highest BCUT2D eigenvalue weighted by Crippen LogP contribution is 2.29. The highest BCUT2D eigenvalue weighted by molar-refractivity contribution is 5.47. The lowest BCUT2D eigenvalue weighted by atomic mass is 10.1. The Bertz CT molecular complexity index is 957. The van der Waals surface area contributed by atoms with Gasteiger partial charge in [0.1, 0.15) is 0 Å². The molecule has 0 spiro atoms. The number of aromatic nitrogens is 4. The Labute approximate surface area is 140 Å². The van der Waals surface area contributed by atoms with Gasteiger partial charge in [-0.1, -0.05) is 12.1 Å². The van der Waals surface area contributed by atoms with Crippen LogP contribution in [-0.2, 0) is 12.7 Å². The van der Waals surface area contributed by atoms with E-state index in [2.05, 4.69) is 10.4 Å². The fraction of sp³-hybridized carbons (Fsp3) is 0.188. The van der Waals surface area contributed by atoms with Crippen molar-refractivity contribution in [1.29, 1.82) is 0 Å². The van der Waals surface area contributed by atoms with Crippen LogP contribution < -0.4 is 11.4 Å². The molecule has 0 radical (unpaired) electrons. The molecule has 0 aliphatic rings. The number of anilines is 1. The predicted molar refractivity (Wildman–Crippen MR) is 85.3 cm³/mol. The summed E-state index contributed by atoms with van der Waals surface area (Å²) in [5.41, 5.74) is 6.95.